The summed E-state index contributed by atoms with van der Waals surface area (Å²) in [5.41, 5.74) is 0. The highest BCUT2D eigenvalue weighted by molar-refractivity contribution is 4.66. The molecule has 0 heterocycles. The Morgan fingerprint density at radius 2 is 1.56 bits per heavy atom. The minimum atomic E-state index is 0.503. The van der Waals surface area contributed by atoms with E-state index in [0.29, 0.717) is 6.04 Å². The summed E-state index contributed by atoms with van der Waals surface area (Å²) in [7, 11) is 1.99. The molecular weight excluding hydrogens is 204 g/mol. The maximum absolute atomic E-state index is 5.38. The van der Waals surface area contributed by atoms with Crippen LogP contribution in [-0.2, 0) is 9.47 Å². The Morgan fingerprint density at radius 3 is 1.94 bits per heavy atom. The van der Waals surface area contributed by atoms with E-state index in [2.05, 4.69) is 17.1 Å². The highest BCUT2D eigenvalue weighted by Crippen LogP contribution is 1.93. The van der Waals surface area contributed by atoms with Gasteiger partial charge in [-0.15, -0.1) is 0 Å². The zero-order chi connectivity index (χ0) is 12.2. The van der Waals surface area contributed by atoms with Gasteiger partial charge in [-0.25, -0.2) is 0 Å². The van der Waals surface area contributed by atoms with E-state index in [1.54, 1.807) is 0 Å². The highest BCUT2D eigenvalue weighted by atomic mass is 16.5. The first-order chi connectivity index (χ1) is 7.74. The van der Waals surface area contributed by atoms with E-state index in [9.17, 15) is 0 Å². The first kappa shape index (κ1) is 15.8. The van der Waals surface area contributed by atoms with Crippen molar-refractivity contribution >= 4 is 0 Å². The van der Waals surface area contributed by atoms with Crippen molar-refractivity contribution in [3.63, 3.8) is 0 Å². The minimum Gasteiger partial charge on any atom is -0.380 e. The molecule has 0 saturated carbocycles. The fourth-order valence-electron chi connectivity index (χ4n) is 1.45. The van der Waals surface area contributed by atoms with Crippen LogP contribution in [0, 0.1) is 0 Å². The molecule has 0 saturated heterocycles. The van der Waals surface area contributed by atoms with Gasteiger partial charge in [0.2, 0.25) is 0 Å². The van der Waals surface area contributed by atoms with Crippen LogP contribution < -0.4 is 5.32 Å². The molecule has 4 nitrogen and oxygen atoms in total. The summed E-state index contributed by atoms with van der Waals surface area (Å²) in [6.45, 7) is 12.4. The third-order valence-corrected chi connectivity index (χ3v) is 2.54. The predicted molar refractivity (Wildman–Crippen MR) is 67.9 cm³/mol. The molecule has 0 amide bonds. The van der Waals surface area contributed by atoms with Gasteiger partial charge in [0.25, 0.3) is 0 Å². The fourth-order valence-corrected chi connectivity index (χ4v) is 1.45. The molecule has 0 radical (unpaired) electrons. The van der Waals surface area contributed by atoms with Crippen LogP contribution in [0.4, 0.5) is 0 Å². The smallest absolute Gasteiger partial charge is 0.0593 e. The number of hydrogen-bond donors (Lipinski definition) is 1. The van der Waals surface area contributed by atoms with Crippen molar-refractivity contribution in [2.24, 2.45) is 0 Å². The zero-order valence-electron chi connectivity index (χ0n) is 11.3. The second-order valence-corrected chi connectivity index (χ2v) is 3.88. The van der Waals surface area contributed by atoms with E-state index >= 15 is 0 Å². The quantitative estimate of drug-likeness (QED) is 0.538. The predicted octanol–water partition coefficient (Wildman–Crippen LogP) is 0.969. The molecular formula is C12H28N2O2. The first-order valence-electron chi connectivity index (χ1n) is 6.29. The third-order valence-electron chi connectivity index (χ3n) is 2.54. The van der Waals surface area contributed by atoms with Crippen molar-refractivity contribution in [3.8, 4) is 0 Å². The van der Waals surface area contributed by atoms with Crippen LogP contribution in [0.1, 0.15) is 20.8 Å². The minimum absolute atomic E-state index is 0.503. The molecule has 0 aromatic heterocycles. The molecule has 0 aromatic carbocycles. The van der Waals surface area contributed by atoms with Crippen LogP contribution in [0.25, 0.3) is 0 Å². The van der Waals surface area contributed by atoms with E-state index in [1.165, 1.54) is 0 Å². The zero-order valence-corrected chi connectivity index (χ0v) is 11.3. The second-order valence-electron chi connectivity index (χ2n) is 3.88. The van der Waals surface area contributed by atoms with Crippen molar-refractivity contribution in [3.05, 3.63) is 0 Å². The summed E-state index contributed by atoms with van der Waals surface area (Å²) in [5, 5.41) is 3.25. The maximum Gasteiger partial charge on any atom is 0.0593 e. The number of nitrogens with zero attached hydrogens (tertiary/aromatic N) is 1. The molecule has 1 unspecified atom stereocenters. The fraction of sp³-hybridized carbons (Fsp3) is 1.00. The van der Waals surface area contributed by atoms with Gasteiger partial charge in [0.15, 0.2) is 0 Å². The standard InChI is InChI=1S/C12H28N2O2/c1-5-15-9-7-14(8-10-16-6-2)11-12(3)13-4/h12-13H,5-11H2,1-4H3. The van der Waals surface area contributed by atoms with Gasteiger partial charge in [-0.1, -0.05) is 0 Å². The van der Waals surface area contributed by atoms with E-state index in [0.717, 1.165) is 46.1 Å². The van der Waals surface area contributed by atoms with Crippen LogP contribution in [-0.4, -0.2) is 64.1 Å². The summed E-state index contributed by atoms with van der Waals surface area (Å²) in [5.74, 6) is 0. The molecule has 16 heavy (non-hydrogen) atoms. The summed E-state index contributed by atoms with van der Waals surface area (Å²) < 4.78 is 10.8. The lowest BCUT2D eigenvalue weighted by Gasteiger charge is -2.25. The lowest BCUT2D eigenvalue weighted by molar-refractivity contribution is 0.0797. The van der Waals surface area contributed by atoms with Crippen LogP contribution in [0.3, 0.4) is 0 Å². The van der Waals surface area contributed by atoms with Crippen molar-refractivity contribution in [1.82, 2.24) is 10.2 Å². The van der Waals surface area contributed by atoms with E-state index in [1.807, 2.05) is 20.9 Å². The van der Waals surface area contributed by atoms with Crippen molar-refractivity contribution in [2.45, 2.75) is 26.8 Å². The van der Waals surface area contributed by atoms with Crippen LogP contribution in [0.5, 0.6) is 0 Å². The summed E-state index contributed by atoms with van der Waals surface area (Å²) >= 11 is 0. The van der Waals surface area contributed by atoms with Gasteiger partial charge in [-0.05, 0) is 27.8 Å². The topological polar surface area (TPSA) is 33.7 Å². The van der Waals surface area contributed by atoms with E-state index in [4.69, 9.17) is 9.47 Å². The van der Waals surface area contributed by atoms with Crippen molar-refractivity contribution in [2.75, 3.05) is 53.1 Å². The van der Waals surface area contributed by atoms with Gasteiger partial charge in [0.1, 0.15) is 0 Å². The van der Waals surface area contributed by atoms with Crippen molar-refractivity contribution in [1.29, 1.82) is 0 Å². The van der Waals surface area contributed by atoms with Gasteiger partial charge in [-0.2, -0.15) is 0 Å². The number of hydrogen-bond acceptors (Lipinski definition) is 4. The molecule has 0 aliphatic heterocycles. The van der Waals surface area contributed by atoms with Crippen molar-refractivity contribution < 1.29 is 9.47 Å². The highest BCUT2D eigenvalue weighted by Gasteiger charge is 2.08. The monoisotopic (exact) mass is 232 g/mol. The summed E-state index contributed by atoms with van der Waals surface area (Å²) in [6.07, 6.45) is 0. The second kappa shape index (κ2) is 11.3. The van der Waals surface area contributed by atoms with Crippen LogP contribution in [0.15, 0.2) is 0 Å². The molecule has 0 fully saturated rings. The molecule has 0 bridgehead atoms. The van der Waals surface area contributed by atoms with Gasteiger partial charge >= 0.3 is 0 Å². The van der Waals surface area contributed by atoms with Crippen LogP contribution in [0.2, 0.25) is 0 Å². The van der Waals surface area contributed by atoms with E-state index < -0.39 is 0 Å². The lowest BCUT2D eigenvalue weighted by Crippen LogP contribution is -2.40. The number of ether oxygens (including phenoxy) is 2. The SMILES string of the molecule is CCOCCN(CCOCC)CC(C)NC. The Kier molecular flexibility index (Phi) is 11.2. The Balaban J connectivity index is 3.75. The van der Waals surface area contributed by atoms with Gasteiger partial charge in [0, 0.05) is 38.9 Å². The molecule has 0 aliphatic rings. The molecule has 98 valence electrons. The average molecular weight is 232 g/mol. The Morgan fingerprint density at radius 1 is 1.06 bits per heavy atom. The molecule has 1 atom stereocenters. The summed E-state index contributed by atoms with van der Waals surface area (Å²) in [4.78, 5) is 2.38. The number of nitrogens with one attached hydrogen (secondary N) is 1. The third kappa shape index (κ3) is 9.09. The Bertz CT molecular complexity index is 135. The number of rotatable bonds is 11. The van der Waals surface area contributed by atoms with Gasteiger partial charge < -0.3 is 14.8 Å². The van der Waals surface area contributed by atoms with E-state index in [-0.39, 0.29) is 0 Å². The lowest BCUT2D eigenvalue weighted by atomic mass is 10.3. The average Bonchev–Trinajstić information content (AvgIpc) is 2.29. The molecule has 0 rings (SSSR count). The molecule has 1 N–H and O–H groups in total. The van der Waals surface area contributed by atoms with Crippen LogP contribution >= 0.6 is 0 Å². The summed E-state index contributed by atoms with van der Waals surface area (Å²) in [6, 6.07) is 0.503. The molecule has 0 aliphatic carbocycles. The Labute approximate surface area is 100 Å². The normalized spacial score (nSPS) is 13.3. The Hall–Kier alpha value is -0.160. The van der Waals surface area contributed by atoms with Gasteiger partial charge in [-0.3, -0.25) is 4.90 Å². The maximum atomic E-state index is 5.38. The molecule has 0 spiro atoms. The number of likely N-dealkylation sites (N-methyl/N-ethyl adjacent to an activating group) is 1. The first-order valence-corrected chi connectivity index (χ1v) is 6.29. The molecule has 0 aromatic rings. The van der Waals surface area contributed by atoms with Gasteiger partial charge in [0.05, 0.1) is 13.2 Å². The molecule has 4 heteroatoms. The largest absolute Gasteiger partial charge is 0.380 e.